The van der Waals surface area contributed by atoms with E-state index in [9.17, 15) is 4.79 Å². The van der Waals surface area contributed by atoms with E-state index in [4.69, 9.17) is 10.5 Å². The van der Waals surface area contributed by atoms with E-state index in [1.807, 2.05) is 25.7 Å². The van der Waals surface area contributed by atoms with Crippen molar-refractivity contribution in [2.75, 3.05) is 19.6 Å². The molecule has 21 heavy (non-hydrogen) atoms. The van der Waals surface area contributed by atoms with Gasteiger partial charge in [0.05, 0.1) is 0 Å². The topological polar surface area (TPSA) is 55.6 Å². The number of nitrogens with zero attached hydrogens (tertiary/aromatic N) is 1. The van der Waals surface area contributed by atoms with E-state index in [1.165, 1.54) is 32.1 Å². The molecule has 1 amide bonds. The van der Waals surface area contributed by atoms with Crippen LogP contribution in [0, 0.1) is 17.8 Å². The fraction of sp³-hybridized carbons (Fsp3) is 0.941. The molecule has 0 radical (unpaired) electrons. The van der Waals surface area contributed by atoms with Crippen molar-refractivity contribution in [3.05, 3.63) is 0 Å². The molecule has 2 rings (SSSR count). The zero-order chi connectivity index (χ0) is 15.5. The van der Waals surface area contributed by atoms with E-state index in [0.717, 1.165) is 25.4 Å². The van der Waals surface area contributed by atoms with Crippen LogP contribution < -0.4 is 5.73 Å². The molecule has 0 bridgehead atoms. The van der Waals surface area contributed by atoms with Gasteiger partial charge in [0, 0.05) is 13.1 Å². The summed E-state index contributed by atoms with van der Waals surface area (Å²) in [5.74, 6) is 1.97. The van der Waals surface area contributed by atoms with Crippen molar-refractivity contribution in [3.63, 3.8) is 0 Å². The number of piperidine rings is 1. The number of amides is 1. The number of hydrogen-bond acceptors (Lipinski definition) is 3. The van der Waals surface area contributed by atoms with Crippen LogP contribution in [0.25, 0.3) is 0 Å². The fourth-order valence-electron chi connectivity index (χ4n) is 3.97. The van der Waals surface area contributed by atoms with E-state index in [1.54, 1.807) is 0 Å². The lowest BCUT2D eigenvalue weighted by atomic mass is 9.71. The van der Waals surface area contributed by atoms with Gasteiger partial charge in [-0.25, -0.2) is 4.79 Å². The first-order valence-corrected chi connectivity index (χ1v) is 8.58. The summed E-state index contributed by atoms with van der Waals surface area (Å²) >= 11 is 0. The largest absolute Gasteiger partial charge is 0.444 e. The molecule has 2 aliphatic rings. The number of hydrogen-bond donors (Lipinski definition) is 1. The molecule has 2 atom stereocenters. The molecule has 2 unspecified atom stereocenters. The van der Waals surface area contributed by atoms with Gasteiger partial charge in [-0.1, -0.05) is 32.1 Å². The first kappa shape index (κ1) is 16.6. The molecule has 2 N–H and O–H groups in total. The highest BCUT2D eigenvalue weighted by Crippen LogP contribution is 2.38. The molecular weight excluding hydrogens is 264 g/mol. The number of carbonyl (C=O) groups excluding carboxylic acids is 1. The summed E-state index contributed by atoms with van der Waals surface area (Å²) in [6.45, 7) is 8.03. The SMILES string of the molecule is CC(C)(C)OC(=O)N1CCC(C2CCCCC2)C(CN)C1. The van der Waals surface area contributed by atoms with E-state index >= 15 is 0 Å². The quantitative estimate of drug-likeness (QED) is 0.849. The maximum absolute atomic E-state index is 12.2. The Hall–Kier alpha value is -0.770. The molecule has 4 nitrogen and oxygen atoms in total. The third kappa shape index (κ3) is 4.60. The first-order chi connectivity index (χ1) is 9.90. The normalized spacial score (nSPS) is 28.5. The van der Waals surface area contributed by atoms with Crippen molar-refractivity contribution in [2.45, 2.75) is 64.9 Å². The average Bonchev–Trinajstić information content (AvgIpc) is 2.45. The van der Waals surface area contributed by atoms with Gasteiger partial charge in [0.15, 0.2) is 0 Å². The van der Waals surface area contributed by atoms with Crippen LogP contribution in [0.15, 0.2) is 0 Å². The molecule has 122 valence electrons. The lowest BCUT2D eigenvalue weighted by molar-refractivity contribution is 0.00365. The summed E-state index contributed by atoms with van der Waals surface area (Å²) < 4.78 is 5.50. The van der Waals surface area contributed by atoms with Crippen LogP contribution in [-0.4, -0.2) is 36.2 Å². The summed E-state index contributed by atoms with van der Waals surface area (Å²) in [5, 5.41) is 0. The molecule has 4 heteroatoms. The van der Waals surface area contributed by atoms with Crippen LogP contribution in [0.1, 0.15) is 59.3 Å². The van der Waals surface area contributed by atoms with Crippen LogP contribution >= 0.6 is 0 Å². The minimum atomic E-state index is -0.421. The van der Waals surface area contributed by atoms with Crippen molar-refractivity contribution in [2.24, 2.45) is 23.5 Å². The van der Waals surface area contributed by atoms with Gasteiger partial charge in [0.1, 0.15) is 5.60 Å². The number of likely N-dealkylation sites (tertiary alicyclic amines) is 1. The highest BCUT2D eigenvalue weighted by molar-refractivity contribution is 5.68. The van der Waals surface area contributed by atoms with Gasteiger partial charge in [0.2, 0.25) is 0 Å². The summed E-state index contributed by atoms with van der Waals surface area (Å²) in [7, 11) is 0. The van der Waals surface area contributed by atoms with E-state index in [2.05, 4.69) is 0 Å². The smallest absolute Gasteiger partial charge is 0.410 e. The van der Waals surface area contributed by atoms with Gasteiger partial charge in [-0.15, -0.1) is 0 Å². The second-order valence-electron chi connectivity index (χ2n) is 7.77. The zero-order valence-electron chi connectivity index (χ0n) is 13.9. The van der Waals surface area contributed by atoms with Crippen LogP contribution in [0.2, 0.25) is 0 Å². The summed E-state index contributed by atoms with van der Waals surface area (Å²) in [6.07, 6.45) is 7.75. The maximum atomic E-state index is 12.2. The van der Waals surface area contributed by atoms with Crippen molar-refractivity contribution >= 4 is 6.09 Å². The molecule has 1 aliphatic heterocycles. The standard InChI is InChI=1S/C17H32N2O2/c1-17(2,3)21-16(20)19-10-9-15(14(11-18)12-19)13-7-5-4-6-8-13/h13-15H,4-12,18H2,1-3H3. The molecular formula is C17H32N2O2. The maximum Gasteiger partial charge on any atom is 0.410 e. The van der Waals surface area contributed by atoms with Crippen LogP contribution in [0.3, 0.4) is 0 Å². The number of nitrogens with two attached hydrogens (primary N) is 1. The second-order valence-corrected chi connectivity index (χ2v) is 7.77. The summed E-state index contributed by atoms with van der Waals surface area (Å²) in [5.41, 5.74) is 5.59. The first-order valence-electron chi connectivity index (χ1n) is 8.58. The molecule has 1 aliphatic carbocycles. The van der Waals surface area contributed by atoms with Crippen molar-refractivity contribution in [1.29, 1.82) is 0 Å². The predicted octanol–water partition coefficient (Wildman–Crippen LogP) is 3.40. The third-order valence-electron chi connectivity index (χ3n) is 5.00. The summed E-state index contributed by atoms with van der Waals surface area (Å²) in [4.78, 5) is 14.1. The van der Waals surface area contributed by atoms with Gasteiger partial charge >= 0.3 is 6.09 Å². The molecule has 0 aromatic heterocycles. The lowest BCUT2D eigenvalue weighted by Gasteiger charge is -2.43. The minimum Gasteiger partial charge on any atom is -0.444 e. The Morgan fingerprint density at radius 1 is 1.19 bits per heavy atom. The van der Waals surface area contributed by atoms with Crippen molar-refractivity contribution < 1.29 is 9.53 Å². The van der Waals surface area contributed by atoms with Gasteiger partial charge in [-0.05, 0) is 51.5 Å². The molecule has 2 fully saturated rings. The molecule has 1 saturated carbocycles. The van der Waals surface area contributed by atoms with Crippen molar-refractivity contribution in [3.8, 4) is 0 Å². The van der Waals surface area contributed by atoms with Crippen molar-refractivity contribution in [1.82, 2.24) is 4.90 Å². The van der Waals surface area contributed by atoms with Crippen LogP contribution in [0.4, 0.5) is 4.79 Å². The minimum absolute atomic E-state index is 0.178. The Bertz CT molecular complexity index is 345. The molecule has 0 spiro atoms. The third-order valence-corrected chi connectivity index (χ3v) is 5.00. The Kier molecular flexibility index (Phi) is 5.53. The van der Waals surface area contributed by atoms with E-state index in [-0.39, 0.29) is 6.09 Å². The molecule has 0 aromatic rings. The van der Waals surface area contributed by atoms with Gasteiger partial charge in [0.25, 0.3) is 0 Å². The Morgan fingerprint density at radius 3 is 2.43 bits per heavy atom. The van der Waals surface area contributed by atoms with Crippen LogP contribution in [0.5, 0.6) is 0 Å². The Balaban J connectivity index is 1.92. The highest BCUT2D eigenvalue weighted by atomic mass is 16.6. The number of carbonyl (C=O) groups is 1. The number of rotatable bonds is 2. The average molecular weight is 296 g/mol. The van der Waals surface area contributed by atoms with E-state index < -0.39 is 5.60 Å². The van der Waals surface area contributed by atoms with Gasteiger partial charge < -0.3 is 15.4 Å². The number of ether oxygens (including phenoxy) is 1. The lowest BCUT2D eigenvalue weighted by Crippen LogP contribution is -2.49. The van der Waals surface area contributed by atoms with Gasteiger partial charge in [-0.2, -0.15) is 0 Å². The molecule has 1 saturated heterocycles. The van der Waals surface area contributed by atoms with Crippen LogP contribution in [-0.2, 0) is 4.74 Å². The Labute approximate surface area is 129 Å². The molecule has 1 heterocycles. The second kappa shape index (κ2) is 6.99. The monoisotopic (exact) mass is 296 g/mol. The zero-order valence-corrected chi connectivity index (χ0v) is 13.9. The predicted molar refractivity (Wildman–Crippen MR) is 85.0 cm³/mol. The highest BCUT2D eigenvalue weighted by Gasteiger charge is 2.36. The Morgan fingerprint density at radius 2 is 1.86 bits per heavy atom. The summed E-state index contributed by atoms with van der Waals surface area (Å²) in [6, 6.07) is 0. The molecule has 0 aromatic carbocycles. The fourth-order valence-corrected chi connectivity index (χ4v) is 3.97. The van der Waals surface area contributed by atoms with E-state index in [0.29, 0.717) is 18.4 Å². The van der Waals surface area contributed by atoms with Gasteiger partial charge in [-0.3, -0.25) is 0 Å².